The number of hydrogen-bond donors (Lipinski definition) is 2. The largest absolute Gasteiger partial charge is 0.292 e. The number of fused-ring (bicyclic) bond motifs is 1. The van der Waals surface area contributed by atoms with Crippen LogP contribution in [-0.2, 0) is 12.8 Å². The van der Waals surface area contributed by atoms with Crippen LogP contribution in [0, 0.1) is 11.3 Å². The lowest BCUT2D eigenvalue weighted by molar-refractivity contribution is 0.0948. The zero-order chi connectivity index (χ0) is 19.3. The van der Waals surface area contributed by atoms with Gasteiger partial charge in [-0.3, -0.25) is 9.89 Å². The van der Waals surface area contributed by atoms with E-state index in [4.69, 9.17) is 0 Å². The Labute approximate surface area is 161 Å². The Balaban J connectivity index is 1.59. The molecule has 1 aliphatic carbocycles. The second-order valence-electron chi connectivity index (χ2n) is 8.39. The van der Waals surface area contributed by atoms with E-state index in [2.05, 4.69) is 41.5 Å². The van der Waals surface area contributed by atoms with E-state index >= 15 is 0 Å². The zero-order valence-electron chi connectivity index (χ0n) is 16.3. The van der Waals surface area contributed by atoms with Crippen molar-refractivity contribution in [1.82, 2.24) is 15.6 Å². The second-order valence-corrected chi connectivity index (χ2v) is 8.39. The number of allylic oxidation sites excluding steroid dienone is 1. The van der Waals surface area contributed by atoms with E-state index in [9.17, 15) is 4.79 Å². The van der Waals surface area contributed by atoms with Crippen molar-refractivity contribution in [3.05, 3.63) is 58.9 Å². The molecule has 1 aliphatic rings. The van der Waals surface area contributed by atoms with Gasteiger partial charge in [0.25, 0.3) is 5.91 Å². The minimum Gasteiger partial charge on any atom is -0.281 e. The summed E-state index contributed by atoms with van der Waals surface area (Å²) in [4.78, 5) is 12.5. The highest BCUT2D eigenvalue weighted by molar-refractivity contribution is 5.94. The summed E-state index contributed by atoms with van der Waals surface area (Å²) in [7, 11) is 0. The molecule has 5 heteroatoms. The minimum atomic E-state index is -0.256. The summed E-state index contributed by atoms with van der Waals surface area (Å²) in [6.45, 7) is 6.80. The zero-order valence-corrected chi connectivity index (χ0v) is 16.3. The van der Waals surface area contributed by atoms with E-state index in [0.717, 1.165) is 42.5 Å². The van der Waals surface area contributed by atoms with E-state index in [1.165, 1.54) is 0 Å². The van der Waals surface area contributed by atoms with Crippen LogP contribution in [0.2, 0.25) is 0 Å². The molecule has 0 unspecified atom stereocenters. The van der Waals surface area contributed by atoms with Crippen molar-refractivity contribution in [1.29, 1.82) is 0 Å². The standard InChI is InChI=1S/C22H28N4O/c1-22(2,3)15-17-11-12-19-18(14-17)20(25-24-19)21(27)26-23-13-7-10-16-8-5-4-6-9-16/h4-10,13,17H,11-12,14-15H2,1-3H3,(H,24,25)(H,26,27)/b10-7+,23-13-/t17-/m1/s1. The summed E-state index contributed by atoms with van der Waals surface area (Å²) in [6, 6.07) is 9.95. The molecular formula is C22H28N4O. The van der Waals surface area contributed by atoms with Crippen molar-refractivity contribution >= 4 is 18.2 Å². The van der Waals surface area contributed by atoms with Gasteiger partial charge in [-0.15, -0.1) is 0 Å². The van der Waals surface area contributed by atoms with Gasteiger partial charge in [0.15, 0.2) is 5.69 Å². The van der Waals surface area contributed by atoms with Gasteiger partial charge >= 0.3 is 0 Å². The third-order valence-electron chi connectivity index (χ3n) is 4.78. The molecule has 1 aromatic heterocycles. The molecule has 5 nitrogen and oxygen atoms in total. The lowest BCUT2D eigenvalue weighted by Crippen LogP contribution is -2.24. The maximum Gasteiger partial charge on any atom is 0.292 e. The van der Waals surface area contributed by atoms with Gasteiger partial charge in [-0.05, 0) is 48.7 Å². The Morgan fingerprint density at radius 1 is 1.33 bits per heavy atom. The molecular weight excluding hydrogens is 336 g/mol. The topological polar surface area (TPSA) is 70.1 Å². The average Bonchev–Trinajstić information content (AvgIpc) is 3.04. The fraction of sp³-hybridized carbons (Fsp3) is 0.409. The molecule has 142 valence electrons. The van der Waals surface area contributed by atoms with Gasteiger partial charge in [0.2, 0.25) is 0 Å². The molecule has 0 spiro atoms. The maximum atomic E-state index is 12.5. The Morgan fingerprint density at radius 3 is 2.85 bits per heavy atom. The van der Waals surface area contributed by atoms with Gasteiger partial charge in [-0.25, -0.2) is 5.43 Å². The predicted molar refractivity (Wildman–Crippen MR) is 110 cm³/mol. The number of H-pyrrole nitrogens is 1. The quantitative estimate of drug-likeness (QED) is 0.610. The van der Waals surface area contributed by atoms with Crippen LogP contribution in [0.1, 0.15) is 60.9 Å². The number of aromatic nitrogens is 2. The van der Waals surface area contributed by atoms with Crippen LogP contribution >= 0.6 is 0 Å². The molecule has 0 aliphatic heterocycles. The fourth-order valence-corrected chi connectivity index (χ4v) is 3.71. The van der Waals surface area contributed by atoms with Gasteiger partial charge in [0.1, 0.15) is 0 Å². The first kappa shape index (κ1) is 19.1. The van der Waals surface area contributed by atoms with E-state index < -0.39 is 0 Å². The van der Waals surface area contributed by atoms with Gasteiger partial charge < -0.3 is 0 Å². The Kier molecular flexibility index (Phi) is 5.89. The maximum absolute atomic E-state index is 12.5. The third kappa shape index (κ3) is 5.39. The van der Waals surface area contributed by atoms with Crippen LogP contribution in [0.15, 0.2) is 41.5 Å². The molecule has 0 saturated carbocycles. The molecule has 0 bridgehead atoms. The van der Waals surface area contributed by atoms with E-state index in [1.807, 2.05) is 36.4 Å². The molecule has 1 atom stereocenters. The monoisotopic (exact) mass is 364 g/mol. The number of carbonyl (C=O) groups is 1. The molecule has 0 fully saturated rings. The van der Waals surface area contributed by atoms with Crippen molar-refractivity contribution in [2.24, 2.45) is 16.4 Å². The number of aryl methyl sites for hydroxylation is 1. The first-order chi connectivity index (χ1) is 12.9. The Bertz CT molecular complexity index is 828. The molecule has 2 N–H and O–H groups in total. The summed E-state index contributed by atoms with van der Waals surface area (Å²) in [5.74, 6) is 0.340. The molecule has 27 heavy (non-hydrogen) atoms. The van der Waals surface area contributed by atoms with Crippen LogP contribution in [0.3, 0.4) is 0 Å². The first-order valence-corrected chi connectivity index (χ1v) is 9.53. The number of rotatable bonds is 5. The van der Waals surface area contributed by atoms with Crippen LogP contribution < -0.4 is 5.43 Å². The molecule has 1 amide bonds. The minimum absolute atomic E-state index is 0.256. The molecule has 3 rings (SSSR count). The normalized spacial score (nSPS) is 17.4. The molecule has 0 saturated heterocycles. The van der Waals surface area contributed by atoms with Gasteiger partial charge in [-0.1, -0.05) is 57.2 Å². The highest BCUT2D eigenvalue weighted by Gasteiger charge is 2.28. The van der Waals surface area contributed by atoms with Gasteiger partial charge in [-0.2, -0.15) is 10.2 Å². The Morgan fingerprint density at radius 2 is 2.11 bits per heavy atom. The van der Waals surface area contributed by atoms with Crippen molar-refractivity contribution in [3.8, 4) is 0 Å². The van der Waals surface area contributed by atoms with Crippen molar-refractivity contribution in [2.45, 2.75) is 46.5 Å². The molecule has 1 aromatic carbocycles. The van der Waals surface area contributed by atoms with E-state index in [1.54, 1.807) is 12.3 Å². The van der Waals surface area contributed by atoms with Gasteiger partial charge in [0.05, 0.1) is 0 Å². The molecule has 1 heterocycles. The number of hydrogen-bond acceptors (Lipinski definition) is 3. The van der Waals surface area contributed by atoms with Crippen LogP contribution in [-0.4, -0.2) is 22.3 Å². The number of nitrogens with zero attached hydrogens (tertiary/aromatic N) is 2. The van der Waals surface area contributed by atoms with Crippen LogP contribution in [0.25, 0.3) is 6.08 Å². The second kappa shape index (κ2) is 8.33. The number of hydrazone groups is 1. The number of amides is 1. The fourth-order valence-electron chi connectivity index (χ4n) is 3.71. The van der Waals surface area contributed by atoms with Crippen molar-refractivity contribution < 1.29 is 4.79 Å². The third-order valence-corrected chi connectivity index (χ3v) is 4.78. The first-order valence-electron chi connectivity index (χ1n) is 9.53. The van der Waals surface area contributed by atoms with Crippen LogP contribution in [0.5, 0.6) is 0 Å². The van der Waals surface area contributed by atoms with Crippen LogP contribution in [0.4, 0.5) is 0 Å². The summed E-state index contributed by atoms with van der Waals surface area (Å²) in [6.07, 6.45) is 9.48. The SMILES string of the molecule is CC(C)(C)C[C@@H]1CCc2[nH]nc(C(=O)N/N=C\C=C\c3ccccc3)c2C1. The highest BCUT2D eigenvalue weighted by Crippen LogP contribution is 2.34. The summed E-state index contributed by atoms with van der Waals surface area (Å²) < 4.78 is 0. The predicted octanol–water partition coefficient (Wildman–Crippen LogP) is 4.38. The van der Waals surface area contributed by atoms with E-state index in [0.29, 0.717) is 17.0 Å². The number of nitrogens with one attached hydrogen (secondary N) is 2. The Hall–Kier alpha value is -2.69. The summed E-state index contributed by atoms with van der Waals surface area (Å²) in [5.41, 5.74) is 6.59. The summed E-state index contributed by atoms with van der Waals surface area (Å²) in [5, 5.41) is 11.3. The lowest BCUT2D eigenvalue weighted by atomic mass is 9.76. The van der Waals surface area contributed by atoms with Crippen molar-refractivity contribution in [2.75, 3.05) is 0 Å². The van der Waals surface area contributed by atoms with E-state index in [-0.39, 0.29) is 5.91 Å². The number of aromatic amines is 1. The van der Waals surface area contributed by atoms with Gasteiger partial charge in [0, 0.05) is 17.5 Å². The lowest BCUT2D eigenvalue weighted by Gasteiger charge is -2.28. The number of benzene rings is 1. The van der Waals surface area contributed by atoms with Crippen molar-refractivity contribution in [3.63, 3.8) is 0 Å². The number of carbonyl (C=O) groups excluding carboxylic acids is 1. The average molecular weight is 364 g/mol. The smallest absolute Gasteiger partial charge is 0.281 e. The highest BCUT2D eigenvalue weighted by atomic mass is 16.2. The molecule has 2 aromatic rings. The molecule has 0 radical (unpaired) electrons. The summed E-state index contributed by atoms with van der Waals surface area (Å²) >= 11 is 0.